The number of nitrogens with zero attached hydrogens (tertiary/aromatic N) is 1. The summed E-state index contributed by atoms with van der Waals surface area (Å²) in [5.41, 5.74) is -0.343. The van der Waals surface area contributed by atoms with Gasteiger partial charge >= 0.3 is 5.97 Å². The number of Topliss-reactive ketones (excluding diaryl/α,β-unsaturated/α-hetero) is 1. The van der Waals surface area contributed by atoms with Crippen LogP contribution in [0.25, 0.3) is 0 Å². The smallest absolute Gasteiger partial charge is 0.345 e. The highest BCUT2D eigenvalue weighted by Gasteiger charge is 2.58. The third-order valence-corrected chi connectivity index (χ3v) is 5.06. The van der Waals surface area contributed by atoms with Crippen molar-refractivity contribution in [2.75, 3.05) is 18.6 Å². The number of halogens is 1. The van der Waals surface area contributed by atoms with E-state index in [1.807, 2.05) is 11.4 Å². The van der Waals surface area contributed by atoms with Crippen molar-refractivity contribution in [1.82, 2.24) is 0 Å². The molecule has 6 heteroatoms. The maximum atomic E-state index is 13.1. The van der Waals surface area contributed by atoms with Crippen molar-refractivity contribution in [2.45, 2.75) is 12.5 Å². The van der Waals surface area contributed by atoms with Crippen LogP contribution in [0.15, 0.2) is 35.7 Å². The number of ketones is 1. The first-order valence-electron chi connectivity index (χ1n) is 6.82. The van der Waals surface area contributed by atoms with Crippen LogP contribution in [0.4, 0.5) is 5.69 Å². The third-order valence-electron chi connectivity index (χ3n) is 3.85. The van der Waals surface area contributed by atoms with E-state index in [4.69, 9.17) is 16.3 Å². The first-order valence-corrected chi connectivity index (χ1v) is 8.08. The van der Waals surface area contributed by atoms with Gasteiger partial charge in [-0.2, -0.15) is 0 Å². The molecule has 114 valence electrons. The molecule has 0 unspecified atom stereocenters. The number of carbonyl (C=O) groups excluding carboxylic acids is 2. The fraction of sp³-hybridized carbons (Fsp3) is 0.250. The standard InChI is InChI=1S/C16H14ClNO3S/c1-3-21-15(20)16(13-5-4-8-22-13)14(19)11-7-6-10(17)9-12(11)18(16)2/h4-9H,3H2,1-2H3/t16-/m1/s1. The molecule has 0 amide bonds. The average Bonchev–Trinajstić information content (AvgIpc) is 3.08. The second kappa shape index (κ2) is 5.41. The van der Waals surface area contributed by atoms with Gasteiger partial charge in [-0.25, -0.2) is 4.79 Å². The fourth-order valence-corrected chi connectivity index (χ4v) is 3.94. The van der Waals surface area contributed by atoms with Gasteiger partial charge in [0.15, 0.2) is 0 Å². The van der Waals surface area contributed by atoms with Crippen molar-refractivity contribution in [3.8, 4) is 0 Å². The zero-order valence-electron chi connectivity index (χ0n) is 12.1. The summed E-state index contributed by atoms with van der Waals surface area (Å²) in [6.45, 7) is 1.94. The number of carbonyl (C=O) groups is 2. The van der Waals surface area contributed by atoms with Crippen LogP contribution in [0, 0.1) is 0 Å². The molecule has 0 bridgehead atoms. The van der Waals surface area contributed by atoms with Crippen LogP contribution in [0.1, 0.15) is 22.2 Å². The fourth-order valence-electron chi connectivity index (χ4n) is 2.83. The summed E-state index contributed by atoms with van der Waals surface area (Å²) in [6.07, 6.45) is 0. The Morgan fingerprint density at radius 2 is 2.18 bits per heavy atom. The third kappa shape index (κ3) is 1.89. The summed E-state index contributed by atoms with van der Waals surface area (Å²) in [5, 5.41) is 2.36. The molecular formula is C16H14ClNO3S. The van der Waals surface area contributed by atoms with Crippen molar-refractivity contribution >= 4 is 40.4 Å². The Balaban J connectivity index is 2.24. The molecule has 0 aliphatic carbocycles. The van der Waals surface area contributed by atoms with Crippen LogP contribution in [0.5, 0.6) is 0 Å². The number of hydrogen-bond donors (Lipinski definition) is 0. The molecule has 1 atom stereocenters. The van der Waals surface area contributed by atoms with Gasteiger partial charge < -0.3 is 9.64 Å². The Bertz CT molecular complexity index is 744. The number of rotatable bonds is 3. The Morgan fingerprint density at radius 1 is 1.41 bits per heavy atom. The van der Waals surface area contributed by atoms with Crippen LogP contribution >= 0.6 is 22.9 Å². The average molecular weight is 336 g/mol. The van der Waals surface area contributed by atoms with Crippen LogP contribution in [-0.2, 0) is 15.1 Å². The number of anilines is 1. The molecular weight excluding hydrogens is 322 g/mol. The molecule has 0 N–H and O–H groups in total. The van der Waals surface area contributed by atoms with Crippen molar-refractivity contribution in [1.29, 1.82) is 0 Å². The van der Waals surface area contributed by atoms with E-state index in [0.717, 1.165) is 0 Å². The highest BCUT2D eigenvalue weighted by Crippen LogP contribution is 2.46. The largest absolute Gasteiger partial charge is 0.464 e. The number of benzene rings is 1. The number of thiophene rings is 1. The van der Waals surface area contributed by atoms with Crippen LogP contribution < -0.4 is 4.90 Å². The number of fused-ring (bicyclic) bond motifs is 1. The Morgan fingerprint density at radius 3 is 2.82 bits per heavy atom. The molecule has 4 nitrogen and oxygen atoms in total. The summed E-state index contributed by atoms with van der Waals surface area (Å²) in [5.74, 6) is -0.833. The number of likely N-dealkylation sites (N-methyl/N-ethyl adjacent to an activating group) is 1. The van der Waals surface area contributed by atoms with Gasteiger partial charge in [-0.15, -0.1) is 11.3 Å². The zero-order valence-corrected chi connectivity index (χ0v) is 13.7. The predicted octanol–water partition coefficient (Wildman–Crippen LogP) is 3.49. The minimum Gasteiger partial charge on any atom is -0.464 e. The van der Waals surface area contributed by atoms with Gasteiger partial charge in [-0.05, 0) is 36.6 Å². The molecule has 1 aromatic carbocycles. The molecule has 2 aromatic rings. The highest BCUT2D eigenvalue weighted by molar-refractivity contribution is 7.10. The zero-order chi connectivity index (χ0) is 15.9. The van der Waals surface area contributed by atoms with Gasteiger partial charge in [0, 0.05) is 22.5 Å². The normalized spacial score (nSPS) is 20.1. The molecule has 0 radical (unpaired) electrons. The molecule has 0 saturated carbocycles. The molecule has 22 heavy (non-hydrogen) atoms. The van der Waals surface area contributed by atoms with Crippen molar-refractivity contribution < 1.29 is 14.3 Å². The van der Waals surface area contributed by atoms with Gasteiger partial charge in [-0.1, -0.05) is 17.7 Å². The van der Waals surface area contributed by atoms with Gasteiger partial charge in [0.2, 0.25) is 11.3 Å². The maximum Gasteiger partial charge on any atom is 0.345 e. The summed E-state index contributed by atoms with van der Waals surface area (Å²) in [4.78, 5) is 28.1. The van der Waals surface area contributed by atoms with Gasteiger partial charge in [0.25, 0.3) is 0 Å². The van der Waals surface area contributed by atoms with Crippen molar-refractivity contribution in [2.24, 2.45) is 0 Å². The molecule has 2 heterocycles. The summed E-state index contributed by atoms with van der Waals surface area (Å²) < 4.78 is 5.23. The summed E-state index contributed by atoms with van der Waals surface area (Å²) >= 11 is 7.40. The SMILES string of the molecule is CCOC(=O)[C@@]1(c2cccs2)C(=O)c2ccc(Cl)cc2N1C. The van der Waals surface area contributed by atoms with Crippen molar-refractivity contribution in [3.05, 3.63) is 51.2 Å². The first kappa shape index (κ1) is 15.1. The molecule has 1 aliphatic rings. The Labute approximate surface area is 137 Å². The first-order chi connectivity index (χ1) is 10.5. The van der Waals surface area contributed by atoms with Crippen LogP contribution in [-0.4, -0.2) is 25.4 Å². The minimum absolute atomic E-state index is 0.212. The molecule has 3 rings (SSSR count). The lowest BCUT2D eigenvalue weighted by molar-refractivity contribution is -0.147. The lowest BCUT2D eigenvalue weighted by Crippen LogP contribution is -2.52. The van der Waals surface area contributed by atoms with E-state index in [2.05, 4.69) is 0 Å². The topological polar surface area (TPSA) is 46.6 Å². The monoisotopic (exact) mass is 335 g/mol. The lowest BCUT2D eigenvalue weighted by Gasteiger charge is -2.32. The number of hydrogen-bond acceptors (Lipinski definition) is 5. The van der Waals surface area contributed by atoms with Gasteiger partial charge in [-0.3, -0.25) is 4.79 Å². The molecule has 0 saturated heterocycles. The molecule has 0 fully saturated rings. The van der Waals surface area contributed by atoms with Crippen LogP contribution in [0.2, 0.25) is 5.02 Å². The van der Waals surface area contributed by atoms with E-state index < -0.39 is 11.5 Å². The summed E-state index contributed by atoms with van der Waals surface area (Å²) in [7, 11) is 1.72. The Kier molecular flexibility index (Phi) is 3.70. The van der Waals surface area contributed by atoms with E-state index in [1.54, 1.807) is 43.1 Å². The van der Waals surface area contributed by atoms with E-state index in [1.165, 1.54) is 11.3 Å². The predicted molar refractivity (Wildman–Crippen MR) is 86.8 cm³/mol. The van der Waals surface area contributed by atoms with E-state index in [-0.39, 0.29) is 12.4 Å². The quantitative estimate of drug-likeness (QED) is 0.636. The number of ether oxygens (including phenoxy) is 1. The minimum atomic E-state index is -1.46. The highest BCUT2D eigenvalue weighted by atomic mass is 35.5. The van der Waals surface area contributed by atoms with E-state index in [0.29, 0.717) is 21.2 Å². The summed E-state index contributed by atoms with van der Waals surface area (Å²) in [6, 6.07) is 8.61. The van der Waals surface area contributed by atoms with Crippen LogP contribution in [0.3, 0.4) is 0 Å². The Hall–Kier alpha value is -1.85. The molecule has 1 aromatic heterocycles. The second-order valence-corrected chi connectivity index (χ2v) is 6.34. The van der Waals surface area contributed by atoms with Gasteiger partial charge in [0.1, 0.15) is 0 Å². The molecule has 0 spiro atoms. The van der Waals surface area contributed by atoms with Crippen molar-refractivity contribution in [3.63, 3.8) is 0 Å². The lowest BCUT2D eigenvalue weighted by atomic mass is 9.91. The van der Waals surface area contributed by atoms with Gasteiger partial charge in [0.05, 0.1) is 12.3 Å². The second-order valence-electron chi connectivity index (χ2n) is 4.96. The maximum absolute atomic E-state index is 13.1. The van der Waals surface area contributed by atoms with E-state index in [9.17, 15) is 9.59 Å². The molecule has 1 aliphatic heterocycles. The number of esters is 1. The van der Waals surface area contributed by atoms with E-state index >= 15 is 0 Å².